The molecule has 6 nitrogen and oxygen atoms in total. The van der Waals surface area contributed by atoms with Gasteiger partial charge in [-0.2, -0.15) is 0 Å². The average Bonchev–Trinajstić information content (AvgIpc) is 2.93. The zero-order chi connectivity index (χ0) is 20.9. The van der Waals surface area contributed by atoms with Crippen LogP contribution in [-0.2, 0) is 11.2 Å². The van der Waals surface area contributed by atoms with E-state index < -0.39 is 5.54 Å². The van der Waals surface area contributed by atoms with E-state index in [9.17, 15) is 9.59 Å². The van der Waals surface area contributed by atoms with Crippen molar-refractivity contribution in [1.82, 2.24) is 10.2 Å². The van der Waals surface area contributed by atoms with Crippen LogP contribution in [0.3, 0.4) is 0 Å². The van der Waals surface area contributed by atoms with Crippen LogP contribution in [0.25, 0.3) is 0 Å². The second-order valence-electron chi connectivity index (χ2n) is 7.59. The van der Waals surface area contributed by atoms with Crippen molar-refractivity contribution < 1.29 is 19.1 Å². The van der Waals surface area contributed by atoms with E-state index in [-0.39, 0.29) is 11.9 Å². The molecule has 2 aromatic carbocycles. The molecule has 6 heteroatoms. The highest BCUT2D eigenvalue weighted by Crippen LogP contribution is 2.24. The molecule has 2 aromatic rings. The minimum absolute atomic E-state index is 0.174. The number of hydrogen-bond donors (Lipinski definition) is 1. The van der Waals surface area contributed by atoms with Gasteiger partial charge < -0.3 is 14.8 Å². The van der Waals surface area contributed by atoms with Gasteiger partial charge in [0.1, 0.15) is 17.0 Å². The van der Waals surface area contributed by atoms with Gasteiger partial charge in [0.15, 0.2) is 0 Å². The van der Waals surface area contributed by atoms with Crippen molar-refractivity contribution >= 4 is 11.9 Å². The predicted octanol–water partition coefficient (Wildman–Crippen LogP) is 3.72. The fourth-order valence-electron chi connectivity index (χ4n) is 3.42. The number of aryl methyl sites for hydroxylation is 2. The number of nitrogens with one attached hydrogen (secondary N) is 1. The van der Waals surface area contributed by atoms with E-state index in [1.807, 2.05) is 55.5 Å². The van der Waals surface area contributed by atoms with Crippen molar-refractivity contribution in [2.45, 2.75) is 38.6 Å². The Labute approximate surface area is 171 Å². The number of rotatable bonds is 9. The largest absolute Gasteiger partial charge is 0.497 e. The minimum Gasteiger partial charge on any atom is -0.497 e. The minimum atomic E-state index is -0.881. The van der Waals surface area contributed by atoms with Gasteiger partial charge in [0.05, 0.1) is 13.7 Å². The van der Waals surface area contributed by atoms with Crippen LogP contribution in [0.5, 0.6) is 11.5 Å². The Bertz CT molecular complexity index is 865. The number of ether oxygens (including phenoxy) is 2. The summed E-state index contributed by atoms with van der Waals surface area (Å²) in [5, 5.41) is 2.86. The van der Waals surface area contributed by atoms with E-state index in [1.165, 1.54) is 4.90 Å². The molecule has 3 amide bonds. The number of amides is 3. The Hall–Kier alpha value is -3.02. The van der Waals surface area contributed by atoms with Crippen molar-refractivity contribution in [1.29, 1.82) is 0 Å². The van der Waals surface area contributed by atoms with Gasteiger partial charge in [-0.05, 0) is 68.5 Å². The topological polar surface area (TPSA) is 67.9 Å². The van der Waals surface area contributed by atoms with Crippen LogP contribution in [0, 0.1) is 6.92 Å². The Morgan fingerprint density at radius 2 is 1.83 bits per heavy atom. The molecule has 0 spiro atoms. The molecule has 0 aromatic heterocycles. The summed E-state index contributed by atoms with van der Waals surface area (Å²) in [6.45, 7) is 4.59. The SMILES string of the molecule is COc1ccc(CCC2(C)NC(=O)N(CCCOc3cccc(C)c3)C2=O)cc1. The lowest BCUT2D eigenvalue weighted by Crippen LogP contribution is -2.44. The molecular weight excluding hydrogens is 368 g/mol. The van der Waals surface area contributed by atoms with Crippen molar-refractivity contribution in [2.75, 3.05) is 20.3 Å². The first-order valence-electron chi connectivity index (χ1n) is 9.88. The van der Waals surface area contributed by atoms with Crippen molar-refractivity contribution in [3.63, 3.8) is 0 Å². The molecule has 1 unspecified atom stereocenters. The zero-order valence-electron chi connectivity index (χ0n) is 17.2. The van der Waals surface area contributed by atoms with E-state index in [4.69, 9.17) is 9.47 Å². The van der Waals surface area contributed by atoms with Crippen LogP contribution in [0.2, 0.25) is 0 Å². The summed E-state index contributed by atoms with van der Waals surface area (Å²) in [7, 11) is 1.63. The van der Waals surface area contributed by atoms with Crippen LogP contribution >= 0.6 is 0 Å². The highest BCUT2D eigenvalue weighted by Gasteiger charge is 2.46. The molecule has 1 fully saturated rings. The van der Waals surface area contributed by atoms with Gasteiger partial charge >= 0.3 is 6.03 Å². The molecule has 1 N–H and O–H groups in total. The van der Waals surface area contributed by atoms with Gasteiger partial charge in [-0.3, -0.25) is 9.69 Å². The van der Waals surface area contributed by atoms with Crippen LogP contribution in [0.15, 0.2) is 48.5 Å². The molecule has 0 bridgehead atoms. The van der Waals surface area contributed by atoms with Crippen molar-refractivity contribution in [2.24, 2.45) is 0 Å². The number of methoxy groups -OCH3 is 1. The lowest BCUT2D eigenvalue weighted by molar-refractivity contribution is -0.131. The van der Waals surface area contributed by atoms with Gasteiger partial charge in [-0.15, -0.1) is 0 Å². The molecule has 29 heavy (non-hydrogen) atoms. The molecule has 0 aliphatic carbocycles. The smallest absolute Gasteiger partial charge is 0.325 e. The van der Waals surface area contributed by atoms with Crippen LogP contribution in [0.1, 0.15) is 30.9 Å². The maximum atomic E-state index is 12.8. The Morgan fingerprint density at radius 1 is 1.07 bits per heavy atom. The lowest BCUT2D eigenvalue weighted by atomic mass is 9.93. The van der Waals surface area contributed by atoms with Crippen molar-refractivity contribution in [3.05, 3.63) is 59.7 Å². The standard InChI is InChI=1S/C23H28N2O4/c1-17-6-4-7-20(16-17)29-15-5-14-25-21(26)23(2,24-22(25)27)13-12-18-8-10-19(28-3)11-9-18/h4,6-11,16H,5,12-15H2,1-3H3,(H,24,27). The summed E-state index contributed by atoms with van der Waals surface area (Å²) in [5.74, 6) is 1.42. The number of imide groups is 1. The molecule has 154 valence electrons. The van der Waals surface area contributed by atoms with Crippen LogP contribution in [0.4, 0.5) is 4.79 Å². The first-order valence-corrected chi connectivity index (χ1v) is 9.88. The summed E-state index contributed by atoms with van der Waals surface area (Å²) in [6, 6.07) is 15.2. The van der Waals surface area contributed by atoms with E-state index >= 15 is 0 Å². The lowest BCUT2D eigenvalue weighted by Gasteiger charge is -2.21. The van der Waals surface area contributed by atoms with Crippen LogP contribution < -0.4 is 14.8 Å². The van der Waals surface area contributed by atoms with E-state index in [1.54, 1.807) is 14.0 Å². The van der Waals surface area contributed by atoms with Crippen LogP contribution in [-0.4, -0.2) is 42.6 Å². The molecule has 1 heterocycles. The number of carbonyl (C=O) groups excluding carboxylic acids is 2. The molecule has 0 saturated carbocycles. The number of benzene rings is 2. The molecule has 1 aliphatic rings. The maximum Gasteiger partial charge on any atom is 0.325 e. The monoisotopic (exact) mass is 396 g/mol. The summed E-state index contributed by atoms with van der Waals surface area (Å²) < 4.78 is 10.9. The predicted molar refractivity (Wildman–Crippen MR) is 111 cm³/mol. The third-order valence-corrected chi connectivity index (χ3v) is 5.20. The second-order valence-corrected chi connectivity index (χ2v) is 7.59. The highest BCUT2D eigenvalue weighted by molar-refractivity contribution is 6.06. The van der Waals surface area contributed by atoms with E-state index in [0.29, 0.717) is 32.4 Å². The Kier molecular flexibility index (Phi) is 6.42. The average molecular weight is 396 g/mol. The number of nitrogens with zero attached hydrogens (tertiary/aromatic N) is 1. The second kappa shape index (κ2) is 8.99. The first kappa shape index (κ1) is 20.7. The number of urea groups is 1. The summed E-state index contributed by atoms with van der Waals surface area (Å²) in [6.07, 6.45) is 1.82. The molecule has 1 atom stereocenters. The number of carbonyl (C=O) groups is 2. The first-order chi connectivity index (χ1) is 13.9. The van der Waals surface area contributed by atoms with E-state index in [2.05, 4.69) is 5.32 Å². The Balaban J connectivity index is 1.49. The van der Waals surface area contributed by atoms with E-state index in [0.717, 1.165) is 22.6 Å². The van der Waals surface area contributed by atoms with Gasteiger partial charge in [-0.1, -0.05) is 24.3 Å². The third-order valence-electron chi connectivity index (χ3n) is 5.20. The molecule has 1 aliphatic heterocycles. The fraction of sp³-hybridized carbons (Fsp3) is 0.391. The zero-order valence-corrected chi connectivity index (χ0v) is 17.2. The number of hydrogen-bond acceptors (Lipinski definition) is 4. The molecule has 1 saturated heterocycles. The highest BCUT2D eigenvalue weighted by atomic mass is 16.5. The molecular formula is C23H28N2O4. The third kappa shape index (κ3) is 5.08. The van der Waals surface area contributed by atoms with Gasteiger partial charge in [-0.25, -0.2) is 4.79 Å². The van der Waals surface area contributed by atoms with Crippen molar-refractivity contribution in [3.8, 4) is 11.5 Å². The fourth-order valence-corrected chi connectivity index (χ4v) is 3.42. The van der Waals surface area contributed by atoms with Gasteiger partial charge in [0, 0.05) is 6.54 Å². The summed E-state index contributed by atoms with van der Waals surface area (Å²) >= 11 is 0. The Morgan fingerprint density at radius 3 is 2.52 bits per heavy atom. The molecule has 0 radical (unpaired) electrons. The quantitative estimate of drug-likeness (QED) is 0.518. The normalized spacial score (nSPS) is 18.7. The van der Waals surface area contributed by atoms with Gasteiger partial charge in [0.2, 0.25) is 0 Å². The summed E-state index contributed by atoms with van der Waals surface area (Å²) in [4.78, 5) is 26.5. The molecule has 3 rings (SSSR count). The summed E-state index contributed by atoms with van der Waals surface area (Å²) in [5.41, 5.74) is 1.34. The maximum absolute atomic E-state index is 12.8. The van der Waals surface area contributed by atoms with Gasteiger partial charge in [0.25, 0.3) is 5.91 Å².